The maximum absolute atomic E-state index is 5.68. The van der Waals surface area contributed by atoms with E-state index < -0.39 is 0 Å². The Morgan fingerprint density at radius 3 is 2.37 bits per heavy atom. The van der Waals surface area contributed by atoms with Crippen LogP contribution in [-0.2, 0) is 13.0 Å². The molecule has 0 aliphatic carbocycles. The first-order valence-electron chi connectivity index (χ1n) is 6.66. The highest BCUT2D eigenvalue weighted by Crippen LogP contribution is 2.08. The van der Waals surface area contributed by atoms with Crippen molar-refractivity contribution in [2.75, 3.05) is 19.3 Å². The van der Waals surface area contributed by atoms with Gasteiger partial charge >= 0.3 is 0 Å². The molecule has 1 aromatic heterocycles. The van der Waals surface area contributed by atoms with E-state index in [1.54, 1.807) is 0 Å². The van der Waals surface area contributed by atoms with Crippen molar-refractivity contribution >= 4 is 5.69 Å². The van der Waals surface area contributed by atoms with Crippen LogP contribution < -0.4 is 5.73 Å². The summed E-state index contributed by atoms with van der Waals surface area (Å²) in [6, 6.07) is 12.3. The first kappa shape index (κ1) is 13.6. The molecule has 0 fully saturated rings. The standard InChI is InChI=1S/C16H21N3/c1-19(13-15-8-10-18-11-9-15)12-2-3-14-4-6-16(17)7-5-14/h4-11H,2-3,12-13,17H2,1H3. The third kappa shape index (κ3) is 4.72. The Hall–Kier alpha value is -1.87. The molecule has 0 bridgehead atoms. The summed E-state index contributed by atoms with van der Waals surface area (Å²) in [5.74, 6) is 0. The van der Waals surface area contributed by atoms with Crippen molar-refractivity contribution in [1.82, 2.24) is 9.88 Å². The molecule has 2 N–H and O–H groups in total. The normalized spacial score (nSPS) is 10.8. The average molecular weight is 255 g/mol. The zero-order valence-corrected chi connectivity index (χ0v) is 11.4. The minimum Gasteiger partial charge on any atom is -0.399 e. The molecular formula is C16H21N3. The van der Waals surface area contributed by atoms with Crippen molar-refractivity contribution in [3.63, 3.8) is 0 Å². The lowest BCUT2D eigenvalue weighted by atomic mass is 10.1. The van der Waals surface area contributed by atoms with Gasteiger partial charge in [0, 0.05) is 24.6 Å². The second-order valence-corrected chi connectivity index (χ2v) is 4.94. The third-order valence-corrected chi connectivity index (χ3v) is 3.19. The van der Waals surface area contributed by atoms with Crippen LogP contribution in [0.3, 0.4) is 0 Å². The Balaban J connectivity index is 1.72. The zero-order valence-electron chi connectivity index (χ0n) is 11.4. The first-order chi connectivity index (χ1) is 9.24. The SMILES string of the molecule is CN(CCCc1ccc(N)cc1)Cc1ccncc1. The number of nitrogens with two attached hydrogens (primary N) is 1. The lowest BCUT2D eigenvalue weighted by molar-refractivity contribution is 0.322. The van der Waals surface area contributed by atoms with Crippen molar-refractivity contribution in [3.05, 3.63) is 59.9 Å². The van der Waals surface area contributed by atoms with Crippen molar-refractivity contribution in [2.45, 2.75) is 19.4 Å². The smallest absolute Gasteiger partial charge is 0.0314 e. The van der Waals surface area contributed by atoms with E-state index in [4.69, 9.17) is 5.73 Å². The van der Waals surface area contributed by atoms with E-state index in [0.717, 1.165) is 31.6 Å². The predicted molar refractivity (Wildman–Crippen MR) is 79.7 cm³/mol. The molecule has 0 amide bonds. The van der Waals surface area contributed by atoms with Crippen molar-refractivity contribution in [1.29, 1.82) is 0 Å². The summed E-state index contributed by atoms with van der Waals surface area (Å²) in [5.41, 5.74) is 9.17. The molecule has 100 valence electrons. The minimum atomic E-state index is 0.832. The quantitative estimate of drug-likeness (QED) is 0.807. The average Bonchev–Trinajstić information content (AvgIpc) is 2.42. The monoisotopic (exact) mass is 255 g/mol. The number of nitrogens with zero attached hydrogens (tertiary/aromatic N) is 2. The number of hydrogen-bond donors (Lipinski definition) is 1. The van der Waals surface area contributed by atoms with E-state index >= 15 is 0 Å². The molecule has 0 saturated heterocycles. The Kier molecular flexibility index (Phi) is 4.93. The molecule has 0 aliphatic heterocycles. The summed E-state index contributed by atoms with van der Waals surface area (Å²) in [7, 11) is 2.16. The van der Waals surface area contributed by atoms with Crippen LogP contribution in [0.2, 0.25) is 0 Å². The van der Waals surface area contributed by atoms with E-state index in [1.165, 1.54) is 11.1 Å². The molecule has 0 atom stereocenters. The molecule has 1 heterocycles. The van der Waals surface area contributed by atoms with E-state index in [1.807, 2.05) is 24.5 Å². The number of benzene rings is 1. The van der Waals surface area contributed by atoms with Crippen LogP contribution in [0, 0.1) is 0 Å². The second-order valence-electron chi connectivity index (χ2n) is 4.94. The van der Waals surface area contributed by atoms with E-state index in [-0.39, 0.29) is 0 Å². The summed E-state index contributed by atoms with van der Waals surface area (Å²) in [6.07, 6.45) is 5.95. The highest BCUT2D eigenvalue weighted by Gasteiger charge is 2.00. The largest absolute Gasteiger partial charge is 0.399 e. The van der Waals surface area contributed by atoms with Crippen LogP contribution >= 0.6 is 0 Å². The molecule has 0 unspecified atom stereocenters. The maximum Gasteiger partial charge on any atom is 0.0314 e. The molecule has 2 aromatic rings. The van der Waals surface area contributed by atoms with Crippen LogP contribution in [0.5, 0.6) is 0 Å². The van der Waals surface area contributed by atoms with Gasteiger partial charge in [-0.1, -0.05) is 12.1 Å². The molecule has 3 heteroatoms. The topological polar surface area (TPSA) is 42.1 Å². The van der Waals surface area contributed by atoms with Gasteiger partial charge in [0.25, 0.3) is 0 Å². The summed E-state index contributed by atoms with van der Waals surface area (Å²) in [5, 5.41) is 0. The van der Waals surface area contributed by atoms with Crippen molar-refractivity contribution < 1.29 is 0 Å². The summed E-state index contributed by atoms with van der Waals surface area (Å²) >= 11 is 0. The fourth-order valence-corrected chi connectivity index (χ4v) is 2.12. The maximum atomic E-state index is 5.68. The van der Waals surface area contributed by atoms with Gasteiger partial charge in [-0.3, -0.25) is 4.98 Å². The van der Waals surface area contributed by atoms with Crippen LogP contribution in [-0.4, -0.2) is 23.5 Å². The van der Waals surface area contributed by atoms with Crippen LogP contribution in [0.25, 0.3) is 0 Å². The van der Waals surface area contributed by atoms with Gasteiger partial charge in [0.05, 0.1) is 0 Å². The van der Waals surface area contributed by atoms with Gasteiger partial charge < -0.3 is 10.6 Å². The molecule has 0 saturated carbocycles. The van der Waals surface area contributed by atoms with Crippen LogP contribution in [0.4, 0.5) is 5.69 Å². The Labute approximate surface area is 115 Å². The highest BCUT2D eigenvalue weighted by molar-refractivity contribution is 5.39. The molecular weight excluding hydrogens is 234 g/mol. The number of pyridine rings is 1. The number of hydrogen-bond acceptors (Lipinski definition) is 3. The van der Waals surface area contributed by atoms with Gasteiger partial charge in [0.2, 0.25) is 0 Å². The van der Waals surface area contributed by atoms with Crippen LogP contribution in [0.15, 0.2) is 48.8 Å². The molecule has 2 rings (SSSR count). The number of anilines is 1. The van der Waals surface area contributed by atoms with Gasteiger partial charge in [-0.05, 0) is 61.8 Å². The van der Waals surface area contributed by atoms with E-state index in [0.29, 0.717) is 0 Å². The van der Waals surface area contributed by atoms with E-state index in [9.17, 15) is 0 Å². The summed E-state index contributed by atoms with van der Waals surface area (Å²) in [6.45, 7) is 2.07. The fraction of sp³-hybridized carbons (Fsp3) is 0.312. The Morgan fingerprint density at radius 1 is 1.00 bits per heavy atom. The molecule has 1 aromatic carbocycles. The second kappa shape index (κ2) is 6.90. The van der Waals surface area contributed by atoms with Gasteiger partial charge in [-0.25, -0.2) is 0 Å². The molecule has 0 radical (unpaired) electrons. The Bertz CT molecular complexity index is 479. The summed E-state index contributed by atoms with van der Waals surface area (Å²) in [4.78, 5) is 6.37. The lowest BCUT2D eigenvalue weighted by Crippen LogP contribution is -2.19. The fourth-order valence-electron chi connectivity index (χ4n) is 2.12. The molecule has 0 aliphatic rings. The zero-order chi connectivity index (χ0) is 13.5. The number of nitrogen functional groups attached to an aromatic ring is 1. The minimum absolute atomic E-state index is 0.832. The molecule has 19 heavy (non-hydrogen) atoms. The molecule has 0 spiro atoms. The van der Waals surface area contributed by atoms with Gasteiger partial charge in [-0.2, -0.15) is 0 Å². The van der Waals surface area contributed by atoms with Gasteiger partial charge in [0.15, 0.2) is 0 Å². The number of aryl methyl sites for hydroxylation is 1. The van der Waals surface area contributed by atoms with Gasteiger partial charge in [0.1, 0.15) is 0 Å². The predicted octanol–water partition coefficient (Wildman–Crippen LogP) is 2.73. The first-order valence-corrected chi connectivity index (χ1v) is 6.66. The van der Waals surface area contributed by atoms with Crippen molar-refractivity contribution in [2.24, 2.45) is 0 Å². The number of rotatable bonds is 6. The van der Waals surface area contributed by atoms with Gasteiger partial charge in [-0.15, -0.1) is 0 Å². The summed E-state index contributed by atoms with van der Waals surface area (Å²) < 4.78 is 0. The van der Waals surface area contributed by atoms with Crippen molar-refractivity contribution in [3.8, 4) is 0 Å². The van der Waals surface area contributed by atoms with E-state index in [2.05, 4.69) is 41.2 Å². The third-order valence-electron chi connectivity index (χ3n) is 3.19. The molecule has 3 nitrogen and oxygen atoms in total. The Morgan fingerprint density at radius 2 is 1.68 bits per heavy atom. The van der Waals surface area contributed by atoms with Crippen LogP contribution in [0.1, 0.15) is 17.5 Å². The highest BCUT2D eigenvalue weighted by atomic mass is 15.1. The number of aromatic nitrogens is 1. The lowest BCUT2D eigenvalue weighted by Gasteiger charge is -2.16.